The minimum absolute atomic E-state index is 0.0329. The van der Waals surface area contributed by atoms with E-state index in [9.17, 15) is 0 Å². The highest BCUT2D eigenvalue weighted by Gasteiger charge is 2.44. The fourth-order valence-electron chi connectivity index (χ4n) is 20.7. The molecule has 0 N–H and O–H groups in total. The van der Waals surface area contributed by atoms with Crippen LogP contribution in [0.25, 0.3) is 181 Å². The molecule has 0 spiro atoms. The van der Waals surface area contributed by atoms with Crippen molar-refractivity contribution in [2.24, 2.45) is 0 Å². The molecule has 6 heterocycles. The third-order valence-electron chi connectivity index (χ3n) is 26.9. The van der Waals surface area contributed by atoms with Gasteiger partial charge in [0, 0.05) is 102 Å². The number of aromatic nitrogens is 14. The third-order valence-corrected chi connectivity index (χ3v) is 26.9. The molecule has 4 atom stereocenters. The van der Waals surface area contributed by atoms with Crippen molar-refractivity contribution in [1.82, 2.24) is 68.9 Å². The van der Waals surface area contributed by atoms with Crippen LogP contribution in [0, 0.1) is 0 Å². The summed E-state index contributed by atoms with van der Waals surface area (Å²) in [5.41, 5.74) is 36.8. The van der Waals surface area contributed by atoms with E-state index in [2.05, 4.69) is 300 Å². The first-order chi connectivity index (χ1) is 67.4. The topological polar surface area (TPSA) is 165 Å². The highest BCUT2D eigenvalue weighted by atomic mass is 15.1. The van der Waals surface area contributed by atoms with Gasteiger partial charge >= 0.3 is 0 Å². The number of benzene rings is 17. The molecule has 0 saturated carbocycles. The molecule has 4 unspecified atom stereocenters. The fourth-order valence-corrected chi connectivity index (χ4v) is 20.7. The lowest BCUT2D eigenvalue weighted by molar-refractivity contribution is 0.754. The number of imidazole rings is 2. The first-order valence-electron chi connectivity index (χ1n) is 45.9. The van der Waals surface area contributed by atoms with Crippen LogP contribution < -0.4 is 0 Å². The fraction of sp³-hybridized carbons (Fsp3) is 0.0328. The van der Waals surface area contributed by atoms with E-state index in [0.29, 0.717) is 46.6 Å². The first kappa shape index (κ1) is 78.9. The normalized spacial score (nSPS) is 14.3. The maximum absolute atomic E-state index is 5.29. The van der Waals surface area contributed by atoms with E-state index < -0.39 is 0 Å². The summed E-state index contributed by atoms with van der Waals surface area (Å²) in [5, 5.41) is 0. The SMILES string of the molecule is c1ccc(-c2nc(-c3ccc(-c4nc5ccccc5n4-c4ccccc4)cc3)cc(-c3ccc4c(c3)C3c5ccccc5C4c4cc(-c5nc(-c6ccccc6)nc(-c6ccccc6)n5)ccc43)n2)cc1.c1ccc(-c2nc(-c3ccc4c(c3)C3c5ccccc5C4c4cc(-c5nc(-c6ccccc6)nc(-c6ccccc6)n5)ccc43)cc(-c3nc4ccccc4n3-c3ccccc3)n2)cc1. The van der Waals surface area contributed by atoms with Gasteiger partial charge in [-0.3, -0.25) is 9.13 Å². The molecule has 23 aromatic rings. The quantitative estimate of drug-likeness (QED) is 0.0955. The highest BCUT2D eigenvalue weighted by Crippen LogP contribution is 2.59. The van der Waals surface area contributed by atoms with Crippen LogP contribution in [0.4, 0.5) is 0 Å². The molecule has 6 aromatic heterocycles. The lowest BCUT2D eigenvalue weighted by Crippen LogP contribution is -2.27. The van der Waals surface area contributed by atoms with Crippen molar-refractivity contribution in [2.75, 3.05) is 0 Å². The molecule has 636 valence electrons. The van der Waals surface area contributed by atoms with Gasteiger partial charge < -0.3 is 0 Å². The van der Waals surface area contributed by atoms with E-state index in [1.165, 1.54) is 66.8 Å². The monoisotopic (exact) mass is 1740 g/mol. The summed E-state index contributed by atoms with van der Waals surface area (Å²) in [6.07, 6.45) is 0. The standard InChI is InChI=1S/C64H41N7.C58H37N7/c1-5-17-41(18-6-1)60-65-55(40-29-31-44(32-30-40)64-67-54-27-15-16-28-57(54)71(64)47-23-11-4-12-24-47)39-56(66-60)45-33-35-50-52(37-45)58-48-25-13-14-26-49(48)59(50)53-38-46(34-36-51(53)58)63-69-61(42-19-7-2-8-20-42)68-62(70-63)43-21-9-3-10-22-43;1-5-17-36(18-6-1)54-59-49(35-50(60-54)58-61-48-27-15-16-28-51(48)65(58)41-23-11-4-12-24-41)39-29-31-44-46(33-39)52-42-25-13-14-26-43(42)53(44)47-34-40(30-32-45(47)52)57-63-55(37-19-7-2-8-20-37)62-56(64-57)38-21-9-3-10-22-38/h1-39,58-59H;1-35,52-53H. The van der Waals surface area contributed by atoms with E-state index in [4.69, 9.17) is 59.8 Å². The summed E-state index contributed by atoms with van der Waals surface area (Å²) in [5.74, 6) is 7.03. The molecule has 0 radical (unpaired) electrons. The Labute approximate surface area is 784 Å². The smallest absolute Gasteiger partial charge is 0.164 e. The zero-order chi connectivity index (χ0) is 89.7. The van der Waals surface area contributed by atoms with Gasteiger partial charge in [0.15, 0.2) is 52.4 Å². The predicted octanol–water partition coefficient (Wildman–Crippen LogP) is 27.6. The molecule has 0 amide bonds. The van der Waals surface area contributed by atoms with Crippen LogP contribution in [-0.2, 0) is 0 Å². The number of nitrogens with zero attached hydrogens (tertiary/aromatic N) is 14. The van der Waals surface area contributed by atoms with E-state index in [0.717, 1.165) is 135 Å². The van der Waals surface area contributed by atoms with Crippen LogP contribution in [-0.4, -0.2) is 68.9 Å². The number of hydrogen-bond acceptors (Lipinski definition) is 12. The molecular formula is C122H78N14. The third kappa shape index (κ3) is 13.9. The zero-order valence-electron chi connectivity index (χ0n) is 73.3. The van der Waals surface area contributed by atoms with Crippen molar-refractivity contribution in [1.29, 1.82) is 0 Å². The maximum Gasteiger partial charge on any atom is 0.164 e. The highest BCUT2D eigenvalue weighted by molar-refractivity contribution is 5.88. The number of fused-ring (bicyclic) bond motifs is 2. The second kappa shape index (κ2) is 33.1. The Bertz CT molecular complexity index is 8480. The molecule has 136 heavy (non-hydrogen) atoms. The van der Waals surface area contributed by atoms with Crippen LogP contribution in [0.5, 0.6) is 0 Å². The summed E-state index contributed by atoms with van der Waals surface area (Å²) >= 11 is 0. The number of hydrogen-bond donors (Lipinski definition) is 0. The Kier molecular flexibility index (Phi) is 19.2. The van der Waals surface area contributed by atoms with Crippen molar-refractivity contribution in [2.45, 2.75) is 23.7 Å². The van der Waals surface area contributed by atoms with E-state index in [-0.39, 0.29) is 23.7 Å². The Morgan fingerprint density at radius 1 is 0.140 bits per heavy atom. The van der Waals surface area contributed by atoms with Crippen LogP contribution in [0.15, 0.2) is 449 Å². The Hall–Kier alpha value is -18.1. The lowest BCUT2D eigenvalue weighted by Gasteiger charge is -2.42. The van der Waals surface area contributed by atoms with E-state index in [1.54, 1.807) is 0 Å². The van der Waals surface area contributed by atoms with Crippen LogP contribution in [0.2, 0.25) is 0 Å². The van der Waals surface area contributed by atoms with Gasteiger partial charge in [-0.1, -0.05) is 364 Å². The molecule has 0 fully saturated rings. The molecule has 29 rings (SSSR count). The van der Waals surface area contributed by atoms with Gasteiger partial charge in [-0.25, -0.2) is 59.8 Å². The zero-order valence-corrected chi connectivity index (χ0v) is 73.3. The van der Waals surface area contributed by atoms with Crippen molar-refractivity contribution < 1.29 is 0 Å². The first-order valence-corrected chi connectivity index (χ1v) is 45.9. The molecule has 0 saturated heterocycles. The molecular weight excluding hydrogens is 1660 g/mol. The van der Waals surface area contributed by atoms with Gasteiger partial charge in [0.1, 0.15) is 11.5 Å². The summed E-state index contributed by atoms with van der Waals surface area (Å²) in [4.78, 5) is 61.7. The Morgan fingerprint density at radius 3 is 0.713 bits per heavy atom. The van der Waals surface area contributed by atoms with Crippen molar-refractivity contribution >= 4 is 22.1 Å². The van der Waals surface area contributed by atoms with Crippen molar-refractivity contribution in [3.05, 3.63) is 516 Å². The van der Waals surface area contributed by atoms with Gasteiger partial charge in [0.25, 0.3) is 0 Å². The minimum atomic E-state index is 0.0329. The molecule has 0 aliphatic heterocycles. The Morgan fingerprint density at radius 2 is 0.368 bits per heavy atom. The average Bonchev–Trinajstić information content (AvgIpc) is 0.982. The summed E-state index contributed by atoms with van der Waals surface area (Å²) in [6.45, 7) is 0. The van der Waals surface area contributed by atoms with Gasteiger partial charge in [-0.05, 0) is 152 Å². The number of para-hydroxylation sites is 6. The Balaban J connectivity index is 0.000000142. The summed E-state index contributed by atoms with van der Waals surface area (Å²) in [7, 11) is 0. The second-order valence-electron chi connectivity index (χ2n) is 34.9. The number of rotatable bonds is 15. The van der Waals surface area contributed by atoms with E-state index >= 15 is 0 Å². The van der Waals surface area contributed by atoms with Crippen molar-refractivity contribution in [3.8, 4) is 159 Å². The van der Waals surface area contributed by atoms with Crippen LogP contribution in [0.1, 0.15) is 90.4 Å². The summed E-state index contributed by atoms with van der Waals surface area (Å²) in [6, 6.07) is 157. The van der Waals surface area contributed by atoms with Crippen LogP contribution >= 0.6 is 0 Å². The molecule has 17 aromatic carbocycles. The van der Waals surface area contributed by atoms with Crippen LogP contribution in [0.3, 0.4) is 0 Å². The molecule has 6 aliphatic rings. The van der Waals surface area contributed by atoms with Crippen molar-refractivity contribution in [3.63, 3.8) is 0 Å². The molecule has 4 bridgehead atoms. The van der Waals surface area contributed by atoms with Gasteiger partial charge in [0.2, 0.25) is 0 Å². The predicted molar refractivity (Wildman–Crippen MR) is 540 cm³/mol. The largest absolute Gasteiger partial charge is 0.292 e. The molecule has 6 aliphatic carbocycles. The second-order valence-corrected chi connectivity index (χ2v) is 34.9. The summed E-state index contributed by atoms with van der Waals surface area (Å²) < 4.78 is 4.43. The molecule has 14 nitrogen and oxygen atoms in total. The van der Waals surface area contributed by atoms with Gasteiger partial charge in [-0.2, -0.15) is 0 Å². The van der Waals surface area contributed by atoms with Gasteiger partial charge in [-0.15, -0.1) is 0 Å². The maximum atomic E-state index is 5.29. The average molecular weight is 1740 g/mol. The molecule has 14 heteroatoms. The van der Waals surface area contributed by atoms with Gasteiger partial charge in [0.05, 0.1) is 39.1 Å². The minimum Gasteiger partial charge on any atom is -0.292 e. The van der Waals surface area contributed by atoms with E-state index in [1.807, 2.05) is 158 Å². The lowest BCUT2D eigenvalue weighted by atomic mass is 9.60.